The third-order valence-corrected chi connectivity index (χ3v) is 5.84. The van der Waals surface area contributed by atoms with E-state index in [1.807, 2.05) is 0 Å². The fourth-order valence-corrected chi connectivity index (χ4v) is 3.22. The molecule has 0 radical (unpaired) electrons. The molecule has 2 aromatic carbocycles. The van der Waals surface area contributed by atoms with Crippen LogP contribution in [0.15, 0.2) is 53.4 Å². The fraction of sp³-hybridized carbons (Fsp3) is 0.350. The maximum Gasteiger partial charge on any atom is 0.260 e. The molecule has 0 fully saturated rings. The van der Waals surface area contributed by atoms with Crippen LogP contribution in [0.25, 0.3) is 0 Å². The molecule has 0 heterocycles. The van der Waals surface area contributed by atoms with Crippen molar-refractivity contribution < 1.29 is 27.4 Å². The van der Waals surface area contributed by atoms with Crippen molar-refractivity contribution in [3.63, 3.8) is 0 Å². The first-order valence-electron chi connectivity index (χ1n) is 8.98. The molecule has 158 valence electrons. The van der Waals surface area contributed by atoms with Crippen LogP contribution in [0.5, 0.6) is 17.2 Å². The highest BCUT2D eigenvalue weighted by molar-refractivity contribution is 7.89. The Morgan fingerprint density at radius 3 is 2.10 bits per heavy atom. The average molecular weight is 423 g/mol. The Morgan fingerprint density at radius 1 is 1.00 bits per heavy atom. The molecule has 0 bridgehead atoms. The van der Waals surface area contributed by atoms with Crippen LogP contribution in [0, 0.1) is 0 Å². The van der Waals surface area contributed by atoms with Crippen molar-refractivity contribution in [1.29, 1.82) is 0 Å². The van der Waals surface area contributed by atoms with Gasteiger partial charge in [-0.15, -0.1) is 0 Å². The number of nitrogens with one attached hydrogen (secondary N) is 1. The summed E-state index contributed by atoms with van der Waals surface area (Å²) in [6, 6.07) is 13.1. The standard InChI is InChI=1S/C20H26N2O6S/c1-15(28-18-7-5-16(26-4)6-8-18)20(23)21-13-14-27-17-9-11-19(12-10-17)29(24,25)22(2)3/h5-12,15H,13-14H2,1-4H3,(H,21,23). The lowest BCUT2D eigenvalue weighted by atomic mass is 10.3. The quantitative estimate of drug-likeness (QED) is 0.588. The maximum absolute atomic E-state index is 12.1. The highest BCUT2D eigenvalue weighted by Gasteiger charge is 2.17. The molecule has 2 rings (SSSR count). The Labute approximate surface area is 171 Å². The van der Waals surface area contributed by atoms with Crippen LogP contribution in [-0.4, -0.2) is 59.1 Å². The Kier molecular flexibility index (Phi) is 7.86. The van der Waals surface area contributed by atoms with Crippen LogP contribution in [0.2, 0.25) is 0 Å². The molecular weight excluding hydrogens is 396 g/mol. The van der Waals surface area contributed by atoms with Gasteiger partial charge in [0.15, 0.2) is 6.10 Å². The van der Waals surface area contributed by atoms with Gasteiger partial charge in [-0.1, -0.05) is 0 Å². The van der Waals surface area contributed by atoms with Crippen LogP contribution in [0.1, 0.15) is 6.92 Å². The predicted octanol–water partition coefficient (Wildman–Crippen LogP) is 1.91. The summed E-state index contributed by atoms with van der Waals surface area (Å²) in [5, 5.41) is 2.73. The van der Waals surface area contributed by atoms with Gasteiger partial charge in [-0.25, -0.2) is 12.7 Å². The summed E-state index contributed by atoms with van der Waals surface area (Å²) in [6.07, 6.45) is -0.668. The van der Waals surface area contributed by atoms with Crippen molar-refractivity contribution in [2.24, 2.45) is 0 Å². The van der Waals surface area contributed by atoms with Crippen LogP contribution >= 0.6 is 0 Å². The van der Waals surface area contributed by atoms with E-state index in [0.717, 1.165) is 4.31 Å². The van der Waals surface area contributed by atoms with Gasteiger partial charge in [0.1, 0.15) is 23.9 Å². The van der Waals surface area contributed by atoms with Crippen LogP contribution in [-0.2, 0) is 14.8 Å². The van der Waals surface area contributed by atoms with Crippen molar-refractivity contribution >= 4 is 15.9 Å². The summed E-state index contributed by atoms with van der Waals surface area (Å²) in [5.74, 6) is 1.52. The van der Waals surface area contributed by atoms with E-state index in [1.165, 1.54) is 26.2 Å². The second-order valence-electron chi connectivity index (χ2n) is 6.33. The first kappa shape index (κ1) is 22.5. The lowest BCUT2D eigenvalue weighted by molar-refractivity contribution is -0.127. The van der Waals surface area contributed by atoms with Crippen LogP contribution in [0.4, 0.5) is 0 Å². The Balaban J connectivity index is 1.75. The molecule has 0 aromatic heterocycles. The molecule has 0 aliphatic rings. The molecule has 1 unspecified atom stereocenters. The van der Waals surface area contributed by atoms with Gasteiger partial charge in [0, 0.05) is 14.1 Å². The van der Waals surface area contributed by atoms with Crippen molar-refractivity contribution in [3.05, 3.63) is 48.5 Å². The minimum absolute atomic E-state index is 0.188. The summed E-state index contributed by atoms with van der Waals surface area (Å²) in [4.78, 5) is 12.3. The molecule has 29 heavy (non-hydrogen) atoms. The number of hydrogen-bond acceptors (Lipinski definition) is 6. The van der Waals surface area contributed by atoms with Crippen molar-refractivity contribution in [2.75, 3.05) is 34.4 Å². The molecule has 9 heteroatoms. The predicted molar refractivity (Wildman–Crippen MR) is 109 cm³/mol. The number of ether oxygens (including phenoxy) is 3. The number of hydrogen-bond donors (Lipinski definition) is 1. The first-order valence-corrected chi connectivity index (χ1v) is 10.4. The van der Waals surface area contributed by atoms with Gasteiger partial charge in [0.05, 0.1) is 18.6 Å². The van der Waals surface area contributed by atoms with Gasteiger partial charge in [0.25, 0.3) is 5.91 Å². The molecule has 0 aliphatic carbocycles. The lowest BCUT2D eigenvalue weighted by Gasteiger charge is -2.15. The Morgan fingerprint density at radius 2 is 1.55 bits per heavy atom. The Hall–Kier alpha value is -2.78. The summed E-state index contributed by atoms with van der Waals surface area (Å²) in [6.45, 7) is 2.18. The van der Waals surface area contributed by atoms with E-state index in [2.05, 4.69) is 5.32 Å². The summed E-state index contributed by atoms with van der Waals surface area (Å²) in [7, 11) is 1.06. The van der Waals surface area contributed by atoms with Gasteiger partial charge >= 0.3 is 0 Å². The van der Waals surface area contributed by atoms with Crippen LogP contribution < -0.4 is 19.5 Å². The van der Waals surface area contributed by atoms with Gasteiger partial charge < -0.3 is 19.5 Å². The van der Waals surface area contributed by atoms with Gasteiger partial charge in [0.2, 0.25) is 10.0 Å². The zero-order valence-corrected chi connectivity index (χ0v) is 17.7. The normalized spacial score (nSPS) is 12.3. The number of rotatable bonds is 10. The highest BCUT2D eigenvalue weighted by Crippen LogP contribution is 2.19. The molecule has 0 aliphatic heterocycles. The molecule has 1 atom stereocenters. The van der Waals surface area contributed by atoms with Crippen molar-refractivity contribution in [3.8, 4) is 17.2 Å². The van der Waals surface area contributed by atoms with Crippen molar-refractivity contribution in [2.45, 2.75) is 17.9 Å². The minimum atomic E-state index is -3.47. The van der Waals surface area contributed by atoms with E-state index in [0.29, 0.717) is 17.2 Å². The Bertz CT molecular complexity index is 896. The topological polar surface area (TPSA) is 94.2 Å². The first-order chi connectivity index (χ1) is 13.7. The molecule has 0 spiro atoms. The van der Waals surface area contributed by atoms with E-state index in [9.17, 15) is 13.2 Å². The number of carbonyl (C=O) groups is 1. The molecule has 1 N–H and O–H groups in total. The third-order valence-electron chi connectivity index (χ3n) is 4.01. The number of methoxy groups -OCH3 is 1. The van der Waals surface area contributed by atoms with Gasteiger partial charge in [-0.05, 0) is 55.5 Å². The highest BCUT2D eigenvalue weighted by atomic mass is 32.2. The second kappa shape index (κ2) is 10.1. The van der Waals surface area contributed by atoms with Gasteiger partial charge in [-0.2, -0.15) is 0 Å². The lowest BCUT2D eigenvalue weighted by Crippen LogP contribution is -2.38. The molecule has 0 saturated heterocycles. The van der Waals surface area contributed by atoms with E-state index in [4.69, 9.17) is 14.2 Å². The van der Waals surface area contributed by atoms with Gasteiger partial charge in [-0.3, -0.25) is 4.79 Å². The minimum Gasteiger partial charge on any atom is -0.497 e. The molecule has 8 nitrogen and oxygen atoms in total. The summed E-state index contributed by atoms with van der Waals surface area (Å²) >= 11 is 0. The monoisotopic (exact) mass is 422 g/mol. The van der Waals surface area contributed by atoms with E-state index in [-0.39, 0.29) is 24.0 Å². The molecule has 2 aromatic rings. The smallest absolute Gasteiger partial charge is 0.260 e. The summed E-state index contributed by atoms with van der Waals surface area (Å²) < 4.78 is 41.4. The molecular formula is C20H26N2O6S. The largest absolute Gasteiger partial charge is 0.497 e. The zero-order valence-electron chi connectivity index (χ0n) is 16.9. The number of benzene rings is 2. The van der Waals surface area contributed by atoms with Crippen molar-refractivity contribution in [1.82, 2.24) is 9.62 Å². The molecule has 0 saturated carbocycles. The third kappa shape index (κ3) is 6.37. The fourth-order valence-electron chi connectivity index (χ4n) is 2.32. The SMILES string of the molecule is COc1ccc(OC(C)C(=O)NCCOc2ccc(S(=O)(=O)N(C)C)cc2)cc1. The maximum atomic E-state index is 12.1. The van der Waals surface area contributed by atoms with E-state index >= 15 is 0 Å². The van der Waals surface area contributed by atoms with E-state index < -0.39 is 16.1 Å². The number of carbonyl (C=O) groups excluding carboxylic acids is 1. The number of sulfonamides is 1. The number of nitrogens with zero attached hydrogens (tertiary/aromatic N) is 1. The summed E-state index contributed by atoms with van der Waals surface area (Å²) in [5.41, 5.74) is 0. The average Bonchev–Trinajstić information content (AvgIpc) is 2.71. The second-order valence-corrected chi connectivity index (χ2v) is 8.49. The van der Waals surface area contributed by atoms with E-state index in [1.54, 1.807) is 50.4 Å². The zero-order chi connectivity index (χ0) is 21.4. The molecule has 1 amide bonds. The number of amides is 1. The van der Waals surface area contributed by atoms with Crippen LogP contribution in [0.3, 0.4) is 0 Å².